The number of fused-ring (bicyclic) bond motifs is 1. The van der Waals surface area contributed by atoms with Crippen molar-refractivity contribution < 1.29 is 34.5 Å². The highest BCUT2D eigenvalue weighted by molar-refractivity contribution is 5.94. The van der Waals surface area contributed by atoms with Crippen molar-refractivity contribution in [1.82, 2.24) is 20.9 Å². The van der Waals surface area contributed by atoms with E-state index in [1.165, 1.54) is 13.8 Å². The number of nitrogens with one attached hydrogen (secondary N) is 4. The third-order valence-electron chi connectivity index (χ3n) is 5.07. The van der Waals surface area contributed by atoms with Gasteiger partial charge in [0.05, 0.1) is 18.8 Å². The molecule has 1 aromatic heterocycles. The lowest BCUT2D eigenvalue weighted by Gasteiger charge is -2.23. The largest absolute Gasteiger partial charge is 0.480 e. The molecule has 0 radical (unpaired) electrons. The van der Waals surface area contributed by atoms with Crippen molar-refractivity contribution in [2.75, 3.05) is 6.61 Å². The van der Waals surface area contributed by atoms with Gasteiger partial charge in [0.1, 0.15) is 12.1 Å². The Bertz CT molecular complexity index is 1010. The predicted octanol–water partition coefficient (Wildman–Crippen LogP) is -2.03. The fourth-order valence-corrected chi connectivity index (χ4v) is 3.15. The highest BCUT2D eigenvalue weighted by Gasteiger charge is 2.30. The summed E-state index contributed by atoms with van der Waals surface area (Å²) in [5.41, 5.74) is 7.68. The quantitative estimate of drug-likeness (QED) is 0.186. The Morgan fingerprint density at radius 2 is 1.70 bits per heavy atom. The average Bonchev–Trinajstić information content (AvgIpc) is 3.17. The van der Waals surface area contributed by atoms with E-state index in [4.69, 9.17) is 10.8 Å². The summed E-state index contributed by atoms with van der Waals surface area (Å²) in [5.74, 6) is -3.85. The number of carboxylic acids is 1. The molecule has 9 N–H and O–H groups in total. The Morgan fingerprint density at radius 3 is 2.30 bits per heavy atom. The van der Waals surface area contributed by atoms with Crippen LogP contribution in [0.1, 0.15) is 19.4 Å². The monoisotopic (exact) mass is 463 g/mol. The van der Waals surface area contributed by atoms with Gasteiger partial charge in [0.15, 0.2) is 6.04 Å². The lowest BCUT2D eigenvalue weighted by Crippen LogP contribution is -2.58. The third-order valence-corrected chi connectivity index (χ3v) is 5.07. The van der Waals surface area contributed by atoms with Crippen molar-refractivity contribution in [3.8, 4) is 0 Å². The summed E-state index contributed by atoms with van der Waals surface area (Å²) in [6.45, 7) is 1.73. The van der Waals surface area contributed by atoms with Gasteiger partial charge >= 0.3 is 5.97 Å². The number of nitrogens with two attached hydrogens (primary N) is 1. The van der Waals surface area contributed by atoms with Gasteiger partial charge < -0.3 is 42.0 Å². The molecule has 180 valence electrons. The van der Waals surface area contributed by atoms with Crippen LogP contribution < -0.4 is 21.7 Å². The molecule has 0 aliphatic heterocycles. The van der Waals surface area contributed by atoms with E-state index in [2.05, 4.69) is 20.9 Å². The van der Waals surface area contributed by atoms with Gasteiger partial charge in [0.2, 0.25) is 17.7 Å². The minimum atomic E-state index is -1.56. The lowest BCUT2D eigenvalue weighted by molar-refractivity contribution is -0.145. The minimum absolute atomic E-state index is 0.185. The van der Waals surface area contributed by atoms with Crippen LogP contribution in [-0.4, -0.2) is 80.9 Å². The van der Waals surface area contributed by atoms with Crippen molar-refractivity contribution in [1.29, 1.82) is 0 Å². The van der Waals surface area contributed by atoms with Gasteiger partial charge in [-0.1, -0.05) is 18.2 Å². The van der Waals surface area contributed by atoms with Crippen molar-refractivity contribution in [3.05, 3.63) is 36.0 Å². The van der Waals surface area contributed by atoms with Crippen molar-refractivity contribution in [2.45, 2.75) is 50.5 Å². The third kappa shape index (κ3) is 6.75. The number of hydrogen-bond acceptors (Lipinski definition) is 7. The molecule has 0 saturated heterocycles. The summed E-state index contributed by atoms with van der Waals surface area (Å²) in [6, 6.07) is 2.34. The SMILES string of the molecule is CC(NC(=O)C(CO)NC(=O)C(N)Cc1c[nH]c2ccccc12)C(=O)NC(C(=O)O)C(C)O. The van der Waals surface area contributed by atoms with Gasteiger partial charge in [-0.3, -0.25) is 14.4 Å². The maximum Gasteiger partial charge on any atom is 0.328 e. The molecular weight excluding hydrogens is 434 g/mol. The molecule has 0 bridgehead atoms. The van der Waals surface area contributed by atoms with E-state index in [0.29, 0.717) is 0 Å². The summed E-state index contributed by atoms with van der Waals surface area (Å²) in [4.78, 5) is 51.2. The Hall–Kier alpha value is -3.48. The number of aromatic amines is 1. The zero-order chi connectivity index (χ0) is 24.7. The van der Waals surface area contributed by atoms with Crippen molar-refractivity contribution in [2.24, 2.45) is 5.73 Å². The number of carbonyl (C=O) groups is 4. The molecule has 1 aromatic carbocycles. The van der Waals surface area contributed by atoms with Crippen LogP contribution in [0.4, 0.5) is 0 Å². The summed E-state index contributed by atoms with van der Waals surface area (Å²) >= 11 is 0. The number of para-hydroxylation sites is 1. The summed E-state index contributed by atoms with van der Waals surface area (Å²) in [5, 5.41) is 35.6. The maximum absolute atomic E-state index is 12.5. The van der Waals surface area contributed by atoms with Gasteiger partial charge in [-0.2, -0.15) is 0 Å². The summed E-state index contributed by atoms with van der Waals surface area (Å²) < 4.78 is 0. The molecular formula is C21H29N5O7. The van der Waals surface area contributed by atoms with E-state index >= 15 is 0 Å². The highest BCUT2D eigenvalue weighted by Crippen LogP contribution is 2.18. The van der Waals surface area contributed by atoms with Gasteiger partial charge in [0.25, 0.3) is 0 Å². The molecule has 2 rings (SSSR count). The first-order valence-electron chi connectivity index (χ1n) is 10.3. The normalized spacial score (nSPS) is 15.7. The Kier molecular flexibility index (Phi) is 8.91. The summed E-state index contributed by atoms with van der Waals surface area (Å²) in [7, 11) is 0. The number of aromatic nitrogens is 1. The standard InChI is InChI=1S/C21H29N5O7/c1-10(18(29)26-17(11(2)28)21(32)33)24-20(31)16(9-27)25-19(30)14(22)7-12-8-23-15-6-4-3-5-13(12)15/h3-6,8,10-11,14,16-17,23,27-28H,7,9,22H2,1-2H3,(H,24,31)(H,25,30)(H,26,29)(H,32,33). The van der Waals surface area contributed by atoms with Crippen LogP contribution in [0.3, 0.4) is 0 Å². The molecule has 5 unspecified atom stereocenters. The van der Waals surface area contributed by atoms with Crippen LogP contribution in [0.2, 0.25) is 0 Å². The predicted molar refractivity (Wildman–Crippen MR) is 118 cm³/mol. The fourth-order valence-electron chi connectivity index (χ4n) is 3.15. The number of aliphatic carboxylic acids is 1. The molecule has 0 fully saturated rings. The zero-order valence-electron chi connectivity index (χ0n) is 18.2. The number of carbonyl (C=O) groups excluding carboxylic acids is 3. The van der Waals surface area contributed by atoms with E-state index in [9.17, 15) is 29.4 Å². The molecule has 1 heterocycles. The van der Waals surface area contributed by atoms with Gasteiger partial charge in [-0.15, -0.1) is 0 Å². The zero-order valence-corrected chi connectivity index (χ0v) is 18.2. The Morgan fingerprint density at radius 1 is 1.03 bits per heavy atom. The van der Waals surface area contributed by atoms with Crippen LogP contribution >= 0.6 is 0 Å². The van der Waals surface area contributed by atoms with Gasteiger partial charge in [0, 0.05) is 17.1 Å². The lowest BCUT2D eigenvalue weighted by atomic mass is 10.0. The Balaban J connectivity index is 1.94. The van der Waals surface area contributed by atoms with Crippen molar-refractivity contribution >= 4 is 34.6 Å². The molecule has 0 aliphatic rings. The highest BCUT2D eigenvalue weighted by atomic mass is 16.4. The number of aliphatic hydroxyl groups excluding tert-OH is 2. The first-order chi connectivity index (χ1) is 15.5. The summed E-state index contributed by atoms with van der Waals surface area (Å²) in [6.07, 6.45) is 0.563. The smallest absolute Gasteiger partial charge is 0.328 e. The van der Waals surface area contributed by atoms with Crippen LogP contribution in [0.15, 0.2) is 30.5 Å². The number of amides is 3. The molecule has 0 spiro atoms. The molecule has 12 nitrogen and oxygen atoms in total. The van der Waals surface area contributed by atoms with Crippen LogP contribution in [0, 0.1) is 0 Å². The van der Waals surface area contributed by atoms with E-state index < -0.39 is 60.6 Å². The van der Waals surface area contributed by atoms with Gasteiger partial charge in [-0.05, 0) is 31.9 Å². The molecule has 2 aromatic rings. The maximum atomic E-state index is 12.5. The number of hydrogen-bond donors (Lipinski definition) is 8. The van der Waals surface area contributed by atoms with Crippen LogP contribution in [0.5, 0.6) is 0 Å². The van der Waals surface area contributed by atoms with Gasteiger partial charge in [-0.25, -0.2) is 4.79 Å². The van der Waals surface area contributed by atoms with Crippen LogP contribution in [-0.2, 0) is 25.6 Å². The average molecular weight is 463 g/mol. The molecule has 5 atom stereocenters. The number of H-pyrrole nitrogens is 1. The van der Waals surface area contributed by atoms with E-state index in [0.717, 1.165) is 16.5 Å². The number of benzene rings is 1. The Labute approximate surface area is 189 Å². The van der Waals surface area contributed by atoms with E-state index in [1.54, 1.807) is 6.20 Å². The second-order valence-electron chi connectivity index (χ2n) is 7.71. The first kappa shape index (κ1) is 25.8. The molecule has 0 saturated carbocycles. The first-order valence-corrected chi connectivity index (χ1v) is 10.3. The molecule has 3 amide bonds. The number of aliphatic hydroxyl groups is 2. The van der Waals surface area contributed by atoms with Crippen LogP contribution in [0.25, 0.3) is 10.9 Å². The van der Waals surface area contributed by atoms with E-state index in [1.807, 2.05) is 24.3 Å². The second kappa shape index (κ2) is 11.4. The topological polar surface area (TPSA) is 207 Å². The van der Waals surface area contributed by atoms with E-state index in [-0.39, 0.29) is 6.42 Å². The molecule has 0 aliphatic carbocycles. The van der Waals surface area contributed by atoms with Crippen molar-refractivity contribution in [3.63, 3.8) is 0 Å². The number of carboxylic acid groups (broad SMARTS) is 1. The molecule has 12 heteroatoms. The minimum Gasteiger partial charge on any atom is -0.480 e. The second-order valence-corrected chi connectivity index (χ2v) is 7.71. The number of rotatable bonds is 11. The fraction of sp³-hybridized carbons (Fsp3) is 0.429. The molecule has 33 heavy (non-hydrogen) atoms.